The lowest BCUT2D eigenvalue weighted by molar-refractivity contribution is 0.158. The van der Waals surface area contributed by atoms with Gasteiger partial charge in [-0.1, -0.05) is 54.4 Å². The van der Waals surface area contributed by atoms with Gasteiger partial charge in [0.25, 0.3) is 0 Å². The number of halogens is 2. The van der Waals surface area contributed by atoms with E-state index in [-0.39, 0.29) is 5.04 Å². The van der Waals surface area contributed by atoms with Crippen molar-refractivity contribution >= 4 is 35.8 Å². The van der Waals surface area contributed by atoms with Crippen molar-refractivity contribution in [2.24, 2.45) is 5.92 Å². The Balaban J connectivity index is 2.13. The maximum atomic E-state index is 6.70. The molecule has 0 N–H and O–H groups in total. The van der Waals surface area contributed by atoms with Gasteiger partial charge >= 0.3 is 0 Å². The Hall–Kier alpha value is 0.167. The first-order valence-electron chi connectivity index (χ1n) is 7.72. The first-order valence-corrected chi connectivity index (χ1v) is 11.8. The largest absolute Gasteiger partial charge is 0.413 e. The topological polar surface area (TPSA) is 9.23 Å². The summed E-state index contributed by atoms with van der Waals surface area (Å²) < 4.78 is 7.80. The van der Waals surface area contributed by atoms with Gasteiger partial charge in [0.15, 0.2) is 8.32 Å². The van der Waals surface area contributed by atoms with Crippen LogP contribution in [-0.2, 0) is 10.8 Å². The van der Waals surface area contributed by atoms with Crippen molar-refractivity contribution in [1.82, 2.24) is 0 Å². The smallest absolute Gasteiger partial charge is 0.192 e. The van der Waals surface area contributed by atoms with E-state index in [4.69, 9.17) is 16.0 Å². The van der Waals surface area contributed by atoms with E-state index in [1.165, 1.54) is 18.4 Å². The van der Waals surface area contributed by atoms with Crippen molar-refractivity contribution in [3.05, 3.63) is 33.3 Å². The second-order valence-corrected chi connectivity index (χ2v) is 13.7. The van der Waals surface area contributed by atoms with E-state index in [9.17, 15) is 0 Å². The molecule has 0 amide bonds. The molecule has 0 aliphatic heterocycles. The monoisotopic (exact) mass is 388 g/mol. The highest BCUT2D eigenvalue weighted by atomic mass is 79.9. The van der Waals surface area contributed by atoms with Crippen LogP contribution in [0.4, 0.5) is 0 Å². The molecule has 4 heteroatoms. The third-order valence-corrected chi connectivity index (χ3v) is 10.3. The van der Waals surface area contributed by atoms with Gasteiger partial charge in [-0.15, -0.1) is 0 Å². The predicted molar refractivity (Wildman–Crippen MR) is 97.7 cm³/mol. The van der Waals surface area contributed by atoms with E-state index in [1.54, 1.807) is 0 Å². The molecule has 1 saturated carbocycles. The molecule has 0 radical (unpaired) electrons. The standard InChI is InChI=1S/C17H26BrClOSi/c1-17(2,3)21(4,5)20-16(12-6-7-12)10-13-8-9-14(19)11-15(13)18/h8-9,11-12,16H,6-7,10H2,1-5H3. The average Bonchev–Trinajstić information content (AvgIpc) is 3.13. The average molecular weight is 390 g/mol. The van der Waals surface area contributed by atoms with Crippen molar-refractivity contribution < 1.29 is 4.43 Å². The van der Waals surface area contributed by atoms with Crippen LogP contribution in [0.3, 0.4) is 0 Å². The minimum absolute atomic E-state index is 0.261. The van der Waals surface area contributed by atoms with Crippen LogP contribution in [0.5, 0.6) is 0 Å². The molecule has 1 nitrogen and oxygen atoms in total. The van der Waals surface area contributed by atoms with Crippen LogP contribution < -0.4 is 0 Å². The molecule has 0 aromatic heterocycles. The van der Waals surface area contributed by atoms with Gasteiger partial charge in [0.05, 0.1) is 6.10 Å². The van der Waals surface area contributed by atoms with Gasteiger partial charge in [0, 0.05) is 9.50 Å². The van der Waals surface area contributed by atoms with Crippen molar-refractivity contribution in [3.63, 3.8) is 0 Å². The van der Waals surface area contributed by atoms with Crippen LogP contribution in [0.25, 0.3) is 0 Å². The fraction of sp³-hybridized carbons (Fsp3) is 0.647. The van der Waals surface area contributed by atoms with Crippen LogP contribution >= 0.6 is 27.5 Å². The van der Waals surface area contributed by atoms with Crippen LogP contribution in [0, 0.1) is 5.92 Å². The first-order chi connectivity index (χ1) is 9.60. The maximum absolute atomic E-state index is 6.70. The number of rotatable bonds is 5. The minimum atomic E-state index is -1.71. The summed E-state index contributed by atoms with van der Waals surface area (Å²) in [6.07, 6.45) is 3.95. The number of benzene rings is 1. The third-order valence-electron chi connectivity index (χ3n) is 4.84. The molecule has 2 rings (SSSR count). The number of hydrogen-bond acceptors (Lipinski definition) is 1. The van der Waals surface area contributed by atoms with E-state index >= 15 is 0 Å². The summed E-state index contributed by atoms with van der Waals surface area (Å²) in [4.78, 5) is 0. The third kappa shape index (κ3) is 4.57. The Labute approximate surface area is 143 Å². The summed E-state index contributed by atoms with van der Waals surface area (Å²) >= 11 is 9.68. The summed E-state index contributed by atoms with van der Waals surface area (Å²) in [5.41, 5.74) is 1.30. The second-order valence-electron chi connectivity index (χ2n) is 7.69. The summed E-state index contributed by atoms with van der Waals surface area (Å²) in [5.74, 6) is 0.738. The number of hydrogen-bond donors (Lipinski definition) is 0. The molecule has 1 aromatic carbocycles. The Morgan fingerprint density at radius 2 is 1.95 bits per heavy atom. The van der Waals surface area contributed by atoms with E-state index in [0.29, 0.717) is 6.10 Å². The fourth-order valence-electron chi connectivity index (χ4n) is 2.23. The molecule has 0 saturated heterocycles. The summed E-state index contributed by atoms with van der Waals surface area (Å²) in [7, 11) is -1.71. The van der Waals surface area contributed by atoms with E-state index in [2.05, 4.69) is 55.9 Å². The molecule has 0 bridgehead atoms. The van der Waals surface area contributed by atoms with Crippen LogP contribution in [0.2, 0.25) is 23.2 Å². The molecule has 118 valence electrons. The van der Waals surface area contributed by atoms with Crippen LogP contribution in [0.1, 0.15) is 39.2 Å². The Bertz CT molecular complexity index is 506. The van der Waals surface area contributed by atoms with Gasteiger partial charge in [-0.2, -0.15) is 0 Å². The molecule has 1 aromatic rings. The zero-order valence-electron chi connectivity index (χ0n) is 13.7. The van der Waals surface area contributed by atoms with Crippen molar-refractivity contribution in [2.45, 2.75) is 64.3 Å². The second kappa shape index (κ2) is 6.35. The molecule has 1 atom stereocenters. The fourth-order valence-corrected chi connectivity index (χ4v) is 4.46. The zero-order valence-corrected chi connectivity index (χ0v) is 17.0. The Morgan fingerprint density at radius 3 is 2.43 bits per heavy atom. The van der Waals surface area contributed by atoms with Crippen molar-refractivity contribution in [3.8, 4) is 0 Å². The summed E-state index contributed by atoms with van der Waals surface area (Å²) in [6, 6.07) is 6.07. The van der Waals surface area contributed by atoms with Crippen LogP contribution in [-0.4, -0.2) is 14.4 Å². The van der Waals surface area contributed by atoms with Gasteiger partial charge in [-0.05, 0) is 61.0 Å². The van der Waals surface area contributed by atoms with Gasteiger partial charge in [0.1, 0.15) is 0 Å². The van der Waals surface area contributed by atoms with Gasteiger partial charge in [-0.3, -0.25) is 0 Å². The highest BCUT2D eigenvalue weighted by Crippen LogP contribution is 2.43. The van der Waals surface area contributed by atoms with Crippen molar-refractivity contribution in [2.75, 3.05) is 0 Å². The normalized spacial score (nSPS) is 17.9. The highest BCUT2D eigenvalue weighted by Gasteiger charge is 2.42. The van der Waals surface area contributed by atoms with E-state index < -0.39 is 8.32 Å². The molecular formula is C17H26BrClOSi. The molecular weight excluding hydrogens is 364 g/mol. The molecule has 0 spiro atoms. The summed E-state index contributed by atoms with van der Waals surface area (Å²) in [6.45, 7) is 11.6. The zero-order chi connectivity index (χ0) is 15.8. The lowest BCUT2D eigenvalue weighted by atomic mass is 10.1. The molecule has 21 heavy (non-hydrogen) atoms. The highest BCUT2D eigenvalue weighted by molar-refractivity contribution is 9.10. The molecule has 1 unspecified atom stereocenters. The Kier molecular flexibility index (Phi) is 5.29. The molecule has 1 fully saturated rings. The van der Waals surface area contributed by atoms with E-state index in [0.717, 1.165) is 21.8 Å². The molecule has 1 aliphatic carbocycles. The van der Waals surface area contributed by atoms with Gasteiger partial charge in [-0.25, -0.2) is 0 Å². The quantitative estimate of drug-likeness (QED) is 0.526. The van der Waals surface area contributed by atoms with E-state index in [1.807, 2.05) is 12.1 Å². The SMILES string of the molecule is CC(C)(C)[Si](C)(C)OC(Cc1ccc(Cl)cc1Br)C1CC1. The Morgan fingerprint density at radius 1 is 1.33 bits per heavy atom. The van der Waals surface area contributed by atoms with Crippen molar-refractivity contribution in [1.29, 1.82) is 0 Å². The summed E-state index contributed by atoms with van der Waals surface area (Å²) in [5, 5.41) is 1.04. The molecule has 1 aliphatic rings. The van der Waals surface area contributed by atoms with Gasteiger partial charge < -0.3 is 4.43 Å². The predicted octanol–water partition coefficient (Wildman–Crippen LogP) is 6.45. The first kappa shape index (κ1) is 17.5. The van der Waals surface area contributed by atoms with Gasteiger partial charge in [0.2, 0.25) is 0 Å². The lowest BCUT2D eigenvalue weighted by Crippen LogP contribution is -2.45. The maximum Gasteiger partial charge on any atom is 0.192 e. The molecule has 0 heterocycles. The minimum Gasteiger partial charge on any atom is -0.413 e. The lowest BCUT2D eigenvalue weighted by Gasteiger charge is -2.39. The van der Waals surface area contributed by atoms with Crippen LogP contribution in [0.15, 0.2) is 22.7 Å².